The van der Waals surface area contributed by atoms with Crippen molar-refractivity contribution >= 4 is 15.9 Å². The number of halogens is 2. The van der Waals surface area contributed by atoms with Crippen molar-refractivity contribution in [3.63, 3.8) is 0 Å². The topological polar surface area (TPSA) is 29.5 Å². The highest BCUT2D eigenvalue weighted by atomic mass is 79.9. The Hall–Kier alpha value is -1.39. The zero-order valence-corrected chi connectivity index (χ0v) is 12.3. The standard InChI is InChI=1S/C16H14BrFO2/c17-12-5-6-14(18)13(8-12)16(19)11-7-10-3-1-2-4-15(10)20-9-11/h1-6,8,11,16,19H,7,9H2. The first-order valence-corrected chi connectivity index (χ1v) is 7.28. The van der Waals surface area contributed by atoms with Crippen LogP contribution < -0.4 is 4.74 Å². The van der Waals surface area contributed by atoms with E-state index in [-0.39, 0.29) is 11.7 Å². The summed E-state index contributed by atoms with van der Waals surface area (Å²) in [7, 11) is 0. The lowest BCUT2D eigenvalue weighted by Gasteiger charge is -2.29. The molecule has 0 fully saturated rings. The first-order chi connectivity index (χ1) is 9.65. The van der Waals surface area contributed by atoms with E-state index in [0.717, 1.165) is 15.8 Å². The maximum atomic E-state index is 13.8. The van der Waals surface area contributed by atoms with E-state index in [0.29, 0.717) is 18.6 Å². The molecule has 3 rings (SSSR count). The smallest absolute Gasteiger partial charge is 0.129 e. The molecule has 0 radical (unpaired) electrons. The Morgan fingerprint density at radius 1 is 1.25 bits per heavy atom. The fourth-order valence-corrected chi connectivity index (χ4v) is 2.93. The number of hydrogen-bond donors (Lipinski definition) is 1. The van der Waals surface area contributed by atoms with Gasteiger partial charge in [0.1, 0.15) is 11.6 Å². The first kappa shape index (κ1) is 13.6. The summed E-state index contributed by atoms with van der Waals surface area (Å²) in [5.41, 5.74) is 1.37. The molecular formula is C16H14BrFO2. The average molecular weight is 337 g/mol. The molecule has 0 aromatic heterocycles. The number of para-hydroxylation sites is 1. The van der Waals surface area contributed by atoms with E-state index < -0.39 is 6.10 Å². The Balaban J connectivity index is 1.85. The third kappa shape index (κ3) is 2.58. The van der Waals surface area contributed by atoms with E-state index >= 15 is 0 Å². The van der Waals surface area contributed by atoms with Crippen molar-refractivity contribution in [2.45, 2.75) is 12.5 Å². The van der Waals surface area contributed by atoms with E-state index in [1.165, 1.54) is 6.07 Å². The van der Waals surface area contributed by atoms with E-state index in [2.05, 4.69) is 15.9 Å². The van der Waals surface area contributed by atoms with E-state index in [1.807, 2.05) is 24.3 Å². The Kier molecular flexibility index (Phi) is 3.76. The number of hydrogen-bond acceptors (Lipinski definition) is 2. The number of rotatable bonds is 2. The molecule has 2 aromatic rings. The highest BCUT2D eigenvalue weighted by Crippen LogP contribution is 2.35. The molecule has 0 amide bonds. The monoisotopic (exact) mass is 336 g/mol. The highest BCUT2D eigenvalue weighted by molar-refractivity contribution is 9.10. The molecule has 0 aliphatic carbocycles. The van der Waals surface area contributed by atoms with Gasteiger partial charge in [-0.15, -0.1) is 0 Å². The van der Waals surface area contributed by atoms with Gasteiger partial charge in [-0.25, -0.2) is 4.39 Å². The second kappa shape index (κ2) is 5.54. The molecule has 0 bridgehead atoms. The van der Waals surface area contributed by atoms with Crippen molar-refractivity contribution in [2.24, 2.45) is 5.92 Å². The predicted molar refractivity (Wildman–Crippen MR) is 78.2 cm³/mol. The summed E-state index contributed by atoms with van der Waals surface area (Å²) >= 11 is 3.31. The minimum Gasteiger partial charge on any atom is -0.493 e. The molecule has 0 saturated heterocycles. The fraction of sp³-hybridized carbons (Fsp3) is 0.250. The number of benzene rings is 2. The molecule has 2 atom stereocenters. The maximum absolute atomic E-state index is 13.8. The van der Waals surface area contributed by atoms with Gasteiger partial charge in [-0.2, -0.15) is 0 Å². The minimum absolute atomic E-state index is 0.145. The molecule has 2 nitrogen and oxygen atoms in total. The van der Waals surface area contributed by atoms with Crippen LogP contribution in [-0.2, 0) is 6.42 Å². The summed E-state index contributed by atoms with van der Waals surface area (Å²) in [4.78, 5) is 0. The summed E-state index contributed by atoms with van der Waals surface area (Å²) in [6, 6.07) is 12.4. The Morgan fingerprint density at radius 2 is 2.05 bits per heavy atom. The molecule has 1 aliphatic rings. The van der Waals surface area contributed by atoms with Crippen LogP contribution in [0.5, 0.6) is 5.75 Å². The molecule has 2 unspecified atom stereocenters. The van der Waals surface area contributed by atoms with Gasteiger partial charge in [0.05, 0.1) is 12.7 Å². The Morgan fingerprint density at radius 3 is 2.90 bits per heavy atom. The molecule has 1 N–H and O–H groups in total. The van der Waals surface area contributed by atoms with Gasteiger partial charge in [0.15, 0.2) is 0 Å². The lowest BCUT2D eigenvalue weighted by Crippen LogP contribution is -2.27. The molecule has 1 heterocycles. The van der Waals surface area contributed by atoms with Gasteiger partial charge < -0.3 is 9.84 Å². The van der Waals surface area contributed by atoms with E-state index in [1.54, 1.807) is 12.1 Å². The van der Waals surface area contributed by atoms with Crippen molar-refractivity contribution in [1.82, 2.24) is 0 Å². The third-order valence-electron chi connectivity index (χ3n) is 3.63. The van der Waals surface area contributed by atoms with Crippen LogP contribution >= 0.6 is 15.9 Å². The molecule has 20 heavy (non-hydrogen) atoms. The third-order valence-corrected chi connectivity index (χ3v) is 4.12. The zero-order valence-electron chi connectivity index (χ0n) is 10.7. The second-order valence-corrected chi connectivity index (χ2v) is 5.91. The number of aliphatic hydroxyl groups is 1. The molecule has 104 valence electrons. The van der Waals surface area contributed by atoms with Gasteiger partial charge in [-0.05, 0) is 36.2 Å². The molecule has 1 aliphatic heterocycles. The van der Waals surface area contributed by atoms with Crippen LogP contribution in [0.4, 0.5) is 4.39 Å². The molecule has 0 saturated carbocycles. The van der Waals surface area contributed by atoms with Gasteiger partial charge in [-0.1, -0.05) is 34.1 Å². The van der Waals surface area contributed by atoms with E-state index in [9.17, 15) is 9.50 Å². The van der Waals surface area contributed by atoms with Crippen molar-refractivity contribution in [3.05, 3.63) is 63.9 Å². The molecule has 0 spiro atoms. The Bertz CT molecular complexity index is 630. The van der Waals surface area contributed by atoms with Gasteiger partial charge in [0.2, 0.25) is 0 Å². The van der Waals surface area contributed by atoms with Crippen LogP contribution in [0.3, 0.4) is 0 Å². The lowest BCUT2D eigenvalue weighted by atomic mass is 9.88. The molecule has 2 aromatic carbocycles. The summed E-state index contributed by atoms with van der Waals surface area (Å²) in [5, 5.41) is 10.4. The second-order valence-electron chi connectivity index (χ2n) is 4.99. The quantitative estimate of drug-likeness (QED) is 0.901. The Labute approximate surface area is 125 Å². The van der Waals surface area contributed by atoms with Crippen LogP contribution in [0, 0.1) is 11.7 Å². The normalized spacial score (nSPS) is 19.1. The van der Waals surface area contributed by atoms with Gasteiger partial charge in [0, 0.05) is 16.0 Å². The summed E-state index contributed by atoms with van der Waals surface area (Å²) < 4.78 is 20.3. The van der Waals surface area contributed by atoms with Crippen molar-refractivity contribution in [3.8, 4) is 5.75 Å². The highest BCUT2D eigenvalue weighted by Gasteiger charge is 2.28. The zero-order chi connectivity index (χ0) is 14.1. The van der Waals surface area contributed by atoms with Crippen LogP contribution in [-0.4, -0.2) is 11.7 Å². The fourth-order valence-electron chi connectivity index (χ4n) is 2.55. The van der Waals surface area contributed by atoms with Crippen LogP contribution in [0.2, 0.25) is 0 Å². The van der Waals surface area contributed by atoms with Crippen LogP contribution in [0.15, 0.2) is 46.9 Å². The maximum Gasteiger partial charge on any atom is 0.129 e. The van der Waals surface area contributed by atoms with Gasteiger partial charge in [-0.3, -0.25) is 0 Å². The number of aliphatic hydroxyl groups excluding tert-OH is 1. The number of fused-ring (bicyclic) bond motifs is 1. The van der Waals surface area contributed by atoms with Crippen molar-refractivity contribution < 1.29 is 14.2 Å². The van der Waals surface area contributed by atoms with Crippen LogP contribution in [0.25, 0.3) is 0 Å². The van der Waals surface area contributed by atoms with E-state index in [4.69, 9.17) is 4.74 Å². The average Bonchev–Trinajstić information content (AvgIpc) is 2.48. The van der Waals surface area contributed by atoms with Crippen molar-refractivity contribution in [1.29, 1.82) is 0 Å². The summed E-state index contributed by atoms with van der Waals surface area (Å²) in [6.07, 6.45) is -0.190. The predicted octanol–water partition coefficient (Wildman–Crippen LogP) is 3.87. The van der Waals surface area contributed by atoms with Gasteiger partial charge in [0.25, 0.3) is 0 Å². The first-order valence-electron chi connectivity index (χ1n) is 6.49. The summed E-state index contributed by atoms with van der Waals surface area (Å²) in [6.45, 7) is 0.393. The van der Waals surface area contributed by atoms with Crippen molar-refractivity contribution in [2.75, 3.05) is 6.61 Å². The lowest BCUT2D eigenvalue weighted by molar-refractivity contribution is 0.0618. The summed E-state index contributed by atoms with van der Waals surface area (Å²) in [5.74, 6) is 0.318. The minimum atomic E-state index is -0.874. The SMILES string of the molecule is OC(c1cc(Br)ccc1F)C1COc2ccccc2C1. The molecule has 4 heteroatoms. The largest absolute Gasteiger partial charge is 0.493 e. The van der Waals surface area contributed by atoms with Gasteiger partial charge >= 0.3 is 0 Å². The molecular weight excluding hydrogens is 323 g/mol. The number of ether oxygens (including phenoxy) is 1. The van der Waals surface area contributed by atoms with Crippen LogP contribution in [0.1, 0.15) is 17.2 Å².